The van der Waals surface area contributed by atoms with E-state index in [4.69, 9.17) is 5.73 Å². The zero-order chi connectivity index (χ0) is 14.5. The van der Waals surface area contributed by atoms with Gasteiger partial charge >= 0.3 is 0 Å². The maximum atomic E-state index is 13.5. The third-order valence-electron chi connectivity index (χ3n) is 3.83. The molecule has 1 atom stereocenters. The summed E-state index contributed by atoms with van der Waals surface area (Å²) >= 11 is 0. The van der Waals surface area contributed by atoms with Gasteiger partial charge in [0.15, 0.2) is 0 Å². The van der Waals surface area contributed by atoms with Gasteiger partial charge in [-0.1, -0.05) is 6.42 Å². The first kappa shape index (κ1) is 14.8. The predicted octanol–water partition coefficient (Wildman–Crippen LogP) is 2.61. The zero-order valence-electron chi connectivity index (χ0n) is 11.9. The molecule has 0 radical (unpaired) electrons. The van der Waals surface area contributed by atoms with Gasteiger partial charge in [0, 0.05) is 24.7 Å². The summed E-state index contributed by atoms with van der Waals surface area (Å²) in [7, 11) is 0. The van der Waals surface area contributed by atoms with Crippen LogP contribution in [0.25, 0.3) is 0 Å². The van der Waals surface area contributed by atoms with E-state index in [1.165, 1.54) is 37.5 Å². The predicted molar refractivity (Wildman–Crippen MR) is 78.9 cm³/mol. The number of carbonyl (C=O) groups is 1. The number of anilines is 2. The molecule has 1 fully saturated rings. The maximum Gasteiger partial charge on any atom is 0.225 e. The average molecular weight is 279 g/mol. The third kappa shape index (κ3) is 3.93. The van der Waals surface area contributed by atoms with Gasteiger partial charge in [-0.2, -0.15) is 0 Å². The van der Waals surface area contributed by atoms with E-state index in [0.717, 1.165) is 13.1 Å². The molecule has 1 aliphatic rings. The smallest absolute Gasteiger partial charge is 0.225 e. The number of halogens is 1. The van der Waals surface area contributed by atoms with Crippen LogP contribution in [-0.4, -0.2) is 29.9 Å². The van der Waals surface area contributed by atoms with Crippen LogP contribution in [0.3, 0.4) is 0 Å². The summed E-state index contributed by atoms with van der Waals surface area (Å²) in [6, 6.07) is 4.70. The van der Waals surface area contributed by atoms with Crippen molar-refractivity contribution in [3.8, 4) is 0 Å². The zero-order valence-corrected chi connectivity index (χ0v) is 11.9. The minimum absolute atomic E-state index is 0.154. The van der Waals surface area contributed by atoms with Crippen LogP contribution in [0.15, 0.2) is 18.2 Å². The second-order valence-electron chi connectivity index (χ2n) is 5.42. The summed E-state index contributed by atoms with van der Waals surface area (Å²) < 4.78 is 13.5. The summed E-state index contributed by atoms with van der Waals surface area (Å²) in [5, 5.41) is 2.58. The minimum atomic E-state index is -0.459. The molecule has 1 aromatic rings. The van der Waals surface area contributed by atoms with Crippen molar-refractivity contribution in [1.29, 1.82) is 0 Å². The first-order valence-electron chi connectivity index (χ1n) is 7.15. The number of piperidine rings is 1. The lowest BCUT2D eigenvalue weighted by atomic mass is 10.0. The van der Waals surface area contributed by atoms with E-state index in [2.05, 4.69) is 17.1 Å². The van der Waals surface area contributed by atoms with Gasteiger partial charge in [0.05, 0.1) is 5.69 Å². The molecule has 1 aliphatic heterocycles. The van der Waals surface area contributed by atoms with Crippen LogP contribution < -0.4 is 11.1 Å². The van der Waals surface area contributed by atoms with Crippen LogP contribution in [0.2, 0.25) is 0 Å². The first-order valence-corrected chi connectivity index (χ1v) is 7.15. The topological polar surface area (TPSA) is 58.4 Å². The molecule has 0 aliphatic carbocycles. The van der Waals surface area contributed by atoms with Crippen LogP contribution in [0.5, 0.6) is 0 Å². The number of hydrogen-bond acceptors (Lipinski definition) is 3. The van der Waals surface area contributed by atoms with E-state index in [9.17, 15) is 9.18 Å². The van der Waals surface area contributed by atoms with E-state index in [-0.39, 0.29) is 11.6 Å². The number of nitrogen functional groups attached to an aromatic ring is 1. The van der Waals surface area contributed by atoms with Crippen molar-refractivity contribution in [2.24, 2.45) is 0 Å². The molecule has 20 heavy (non-hydrogen) atoms. The fourth-order valence-electron chi connectivity index (χ4n) is 2.59. The molecule has 1 heterocycles. The quantitative estimate of drug-likeness (QED) is 0.833. The number of amides is 1. The minimum Gasteiger partial charge on any atom is -0.399 e. The number of nitrogens with zero attached hydrogens (tertiary/aromatic N) is 1. The van der Waals surface area contributed by atoms with Gasteiger partial charge in [0.1, 0.15) is 5.82 Å². The Hall–Kier alpha value is -1.62. The molecule has 110 valence electrons. The molecule has 4 nitrogen and oxygen atoms in total. The fourth-order valence-corrected chi connectivity index (χ4v) is 2.59. The number of nitrogens with two attached hydrogens (primary N) is 1. The van der Waals surface area contributed by atoms with Gasteiger partial charge in [0.25, 0.3) is 0 Å². The summed E-state index contributed by atoms with van der Waals surface area (Å²) in [6.45, 7) is 3.95. The van der Waals surface area contributed by atoms with E-state index in [0.29, 0.717) is 18.2 Å². The number of benzene rings is 1. The molecule has 0 aromatic heterocycles. The Labute approximate surface area is 119 Å². The Morgan fingerprint density at radius 1 is 1.50 bits per heavy atom. The maximum absolute atomic E-state index is 13.5. The normalized spacial score (nSPS) is 19.8. The van der Waals surface area contributed by atoms with Crippen LogP contribution in [0, 0.1) is 5.82 Å². The number of rotatable bonds is 4. The Morgan fingerprint density at radius 2 is 2.30 bits per heavy atom. The van der Waals surface area contributed by atoms with Crippen LogP contribution in [-0.2, 0) is 4.79 Å². The largest absolute Gasteiger partial charge is 0.399 e. The Kier molecular flexibility index (Phi) is 4.95. The highest BCUT2D eigenvalue weighted by molar-refractivity contribution is 5.91. The monoisotopic (exact) mass is 279 g/mol. The van der Waals surface area contributed by atoms with E-state index < -0.39 is 5.82 Å². The Balaban J connectivity index is 1.84. The van der Waals surface area contributed by atoms with Crippen molar-refractivity contribution in [3.05, 3.63) is 24.0 Å². The summed E-state index contributed by atoms with van der Waals surface area (Å²) in [6.07, 6.45) is 4.01. The van der Waals surface area contributed by atoms with Crippen LogP contribution in [0.4, 0.5) is 15.8 Å². The third-order valence-corrected chi connectivity index (χ3v) is 3.83. The number of carbonyl (C=O) groups excluding carboxylic acids is 1. The molecule has 1 aromatic carbocycles. The van der Waals surface area contributed by atoms with E-state index in [1.807, 2.05) is 0 Å². The Morgan fingerprint density at radius 3 is 3.05 bits per heavy atom. The molecular formula is C15H22FN3O. The molecule has 1 unspecified atom stereocenters. The molecule has 1 saturated heterocycles. The van der Waals surface area contributed by atoms with E-state index >= 15 is 0 Å². The van der Waals surface area contributed by atoms with Gasteiger partial charge in [-0.3, -0.25) is 4.79 Å². The van der Waals surface area contributed by atoms with Gasteiger partial charge in [-0.05, 0) is 44.5 Å². The molecule has 5 heteroatoms. The van der Waals surface area contributed by atoms with E-state index in [1.54, 1.807) is 0 Å². The number of likely N-dealkylation sites (tertiary alicyclic amines) is 1. The first-order chi connectivity index (χ1) is 9.56. The summed E-state index contributed by atoms with van der Waals surface area (Å²) in [5.41, 5.74) is 6.18. The molecule has 3 N–H and O–H groups in total. The van der Waals surface area contributed by atoms with Gasteiger partial charge in [-0.15, -0.1) is 0 Å². The average Bonchev–Trinajstić information content (AvgIpc) is 2.42. The highest BCUT2D eigenvalue weighted by Crippen LogP contribution is 2.19. The molecule has 0 spiro atoms. The van der Waals surface area contributed by atoms with Crippen molar-refractivity contribution in [3.63, 3.8) is 0 Å². The molecule has 0 saturated carbocycles. The lowest BCUT2D eigenvalue weighted by Gasteiger charge is -2.33. The number of hydrogen-bond donors (Lipinski definition) is 2. The fraction of sp³-hybridized carbons (Fsp3) is 0.533. The van der Waals surface area contributed by atoms with Crippen molar-refractivity contribution < 1.29 is 9.18 Å². The van der Waals surface area contributed by atoms with Gasteiger partial charge < -0.3 is 16.0 Å². The number of nitrogens with one attached hydrogen (secondary N) is 1. The van der Waals surface area contributed by atoms with Crippen molar-refractivity contribution in [1.82, 2.24) is 4.90 Å². The van der Waals surface area contributed by atoms with Crippen LogP contribution in [0.1, 0.15) is 32.6 Å². The summed E-state index contributed by atoms with van der Waals surface area (Å²) in [5.74, 6) is -0.633. The van der Waals surface area contributed by atoms with Crippen molar-refractivity contribution in [2.75, 3.05) is 24.1 Å². The van der Waals surface area contributed by atoms with Crippen molar-refractivity contribution in [2.45, 2.75) is 38.6 Å². The lowest BCUT2D eigenvalue weighted by Crippen LogP contribution is -2.39. The SMILES string of the molecule is CC1CCCCN1CCC(=O)Nc1cc(N)ccc1F. The van der Waals surface area contributed by atoms with Gasteiger partial charge in [-0.25, -0.2) is 4.39 Å². The lowest BCUT2D eigenvalue weighted by molar-refractivity contribution is -0.116. The molecule has 0 bridgehead atoms. The standard InChI is InChI=1S/C15H22FN3O/c1-11-4-2-3-8-19(11)9-7-15(20)18-14-10-12(17)5-6-13(14)16/h5-6,10-11H,2-4,7-9,17H2,1H3,(H,18,20). The molecule has 2 rings (SSSR count). The molecule has 1 amide bonds. The van der Waals surface area contributed by atoms with Gasteiger partial charge in [0.2, 0.25) is 5.91 Å². The highest BCUT2D eigenvalue weighted by atomic mass is 19.1. The second-order valence-corrected chi connectivity index (χ2v) is 5.42. The Bertz CT molecular complexity index is 478. The van der Waals surface area contributed by atoms with Crippen LogP contribution >= 0.6 is 0 Å². The highest BCUT2D eigenvalue weighted by Gasteiger charge is 2.18. The van der Waals surface area contributed by atoms with Crippen molar-refractivity contribution >= 4 is 17.3 Å². The second kappa shape index (κ2) is 6.70. The molecular weight excluding hydrogens is 257 g/mol. The summed E-state index contributed by atoms with van der Waals surface area (Å²) in [4.78, 5) is 14.2.